The smallest absolute Gasteiger partial charge is 0.326 e. The van der Waals surface area contributed by atoms with Gasteiger partial charge in [0.15, 0.2) is 0 Å². The summed E-state index contributed by atoms with van der Waals surface area (Å²) >= 11 is 0. The second-order valence-electron chi connectivity index (χ2n) is 4.90. The molecule has 0 bridgehead atoms. The summed E-state index contributed by atoms with van der Waals surface area (Å²) < 4.78 is 0. The van der Waals surface area contributed by atoms with Crippen molar-refractivity contribution in [2.24, 2.45) is 5.73 Å². The Hall–Kier alpha value is -1.83. The summed E-state index contributed by atoms with van der Waals surface area (Å²) in [5.41, 5.74) is 4.97. The lowest BCUT2D eigenvalue weighted by molar-refractivity contribution is -0.139. The van der Waals surface area contributed by atoms with Crippen LogP contribution < -0.4 is 16.4 Å². The summed E-state index contributed by atoms with van der Waals surface area (Å²) in [4.78, 5) is 35.6. The largest absolute Gasteiger partial charge is 0.480 e. The minimum absolute atomic E-state index is 0.0253. The van der Waals surface area contributed by atoms with Gasteiger partial charge in [0, 0.05) is 19.0 Å². The maximum atomic E-state index is 11.8. The van der Waals surface area contributed by atoms with Crippen molar-refractivity contribution in [2.45, 2.75) is 45.7 Å². The Kier molecular flexibility index (Phi) is 9.11. The van der Waals surface area contributed by atoms with Gasteiger partial charge in [-0.15, -0.1) is 0 Å². The Morgan fingerprint density at radius 2 is 1.76 bits per heavy atom. The van der Waals surface area contributed by atoms with Crippen LogP contribution in [0.15, 0.2) is 0 Å². The molecule has 8 nitrogen and oxygen atoms in total. The van der Waals surface area contributed by atoms with Crippen LogP contribution in [0.4, 0.5) is 4.79 Å². The third kappa shape index (κ3) is 8.85. The van der Waals surface area contributed by atoms with Crippen LogP contribution in [0.2, 0.25) is 0 Å². The number of likely N-dealkylation sites (N-methyl/N-ethyl adjacent to an activating group) is 1. The van der Waals surface area contributed by atoms with Crippen molar-refractivity contribution in [1.82, 2.24) is 15.5 Å². The Morgan fingerprint density at radius 3 is 2.19 bits per heavy atom. The quantitative estimate of drug-likeness (QED) is 0.442. The lowest BCUT2D eigenvalue weighted by Crippen LogP contribution is -2.51. The second kappa shape index (κ2) is 9.98. The molecule has 3 amide bonds. The highest BCUT2D eigenvalue weighted by Crippen LogP contribution is 1.98. The first-order chi connectivity index (χ1) is 9.79. The number of carboxylic acids is 1. The molecular weight excluding hydrogens is 276 g/mol. The van der Waals surface area contributed by atoms with Gasteiger partial charge in [-0.05, 0) is 26.4 Å². The minimum atomic E-state index is -1.19. The number of hydrogen-bond donors (Lipinski definition) is 4. The van der Waals surface area contributed by atoms with Crippen LogP contribution in [-0.4, -0.2) is 59.6 Å². The predicted molar refractivity (Wildman–Crippen MR) is 78.8 cm³/mol. The van der Waals surface area contributed by atoms with Crippen molar-refractivity contribution in [2.75, 3.05) is 19.6 Å². The lowest BCUT2D eigenvalue weighted by Gasteiger charge is -2.24. The van der Waals surface area contributed by atoms with E-state index in [1.54, 1.807) is 0 Å². The minimum Gasteiger partial charge on any atom is -0.480 e. The first-order valence-corrected chi connectivity index (χ1v) is 7.10. The van der Waals surface area contributed by atoms with E-state index in [-0.39, 0.29) is 18.9 Å². The molecule has 2 atom stereocenters. The van der Waals surface area contributed by atoms with Crippen molar-refractivity contribution in [3.05, 3.63) is 0 Å². The number of urea groups is 1. The van der Waals surface area contributed by atoms with Crippen LogP contribution in [0.1, 0.15) is 33.6 Å². The molecule has 5 N–H and O–H groups in total. The van der Waals surface area contributed by atoms with E-state index in [4.69, 9.17) is 10.8 Å². The van der Waals surface area contributed by atoms with Crippen molar-refractivity contribution in [3.63, 3.8) is 0 Å². The van der Waals surface area contributed by atoms with Gasteiger partial charge in [0.05, 0.1) is 0 Å². The summed E-state index contributed by atoms with van der Waals surface area (Å²) in [6.07, 6.45) is -0.116. The molecule has 0 aromatic rings. The van der Waals surface area contributed by atoms with Crippen LogP contribution in [0.25, 0.3) is 0 Å². The molecule has 8 heteroatoms. The molecule has 0 aliphatic heterocycles. The highest BCUT2D eigenvalue weighted by molar-refractivity contribution is 5.83. The molecule has 0 saturated carbocycles. The molecule has 0 rings (SSSR count). The highest BCUT2D eigenvalue weighted by atomic mass is 16.4. The number of carboxylic acid groups (broad SMARTS) is 1. The van der Waals surface area contributed by atoms with Crippen molar-refractivity contribution in [1.29, 1.82) is 0 Å². The first kappa shape index (κ1) is 19.2. The van der Waals surface area contributed by atoms with Gasteiger partial charge in [0.25, 0.3) is 0 Å². The van der Waals surface area contributed by atoms with E-state index in [2.05, 4.69) is 15.5 Å². The number of nitrogens with one attached hydrogen (secondary N) is 2. The van der Waals surface area contributed by atoms with Crippen LogP contribution in [0.5, 0.6) is 0 Å². The van der Waals surface area contributed by atoms with Crippen LogP contribution >= 0.6 is 0 Å². The third-order valence-electron chi connectivity index (χ3n) is 3.09. The number of nitrogens with zero attached hydrogens (tertiary/aromatic N) is 1. The lowest BCUT2D eigenvalue weighted by atomic mass is 10.1. The number of carbonyl (C=O) groups excluding carboxylic acids is 2. The van der Waals surface area contributed by atoms with Gasteiger partial charge < -0.3 is 26.4 Å². The molecule has 0 heterocycles. The molecular formula is C13H26N4O4. The van der Waals surface area contributed by atoms with E-state index in [1.165, 1.54) is 0 Å². The van der Waals surface area contributed by atoms with Gasteiger partial charge in [-0.2, -0.15) is 0 Å². The predicted octanol–water partition coefficient (Wildman–Crippen LogP) is -0.265. The molecule has 0 fully saturated rings. The first-order valence-electron chi connectivity index (χ1n) is 7.10. The molecule has 0 saturated heterocycles. The van der Waals surface area contributed by atoms with Gasteiger partial charge >= 0.3 is 12.0 Å². The van der Waals surface area contributed by atoms with E-state index >= 15 is 0 Å². The molecule has 0 radical (unpaired) electrons. The standard InChI is InChI=1S/C13H26N4O4/c1-4-17(5-2)8-9(3)15-13(21)16-10(12(19)20)6-7-11(14)18/h9-10H,4-8H2,1-3H3,(H2,14,18)(H,19,20)(H2,15,16,21)/t9?,10-/m1/s1. The number of carbonyl (C=O) groups is 3. The van der Waals surface area contributed by atoms with Crippen molar-refractivity contribution in [3.8, 4) is 0 Å². The highest BCUT2D eigenvalue weighted by Gasteiger charge is 2.21. The van der Waals surface area contributed by atoms with Crippen LogP contribution in [0, 0.1) is 0 Å². The Morgan fingerprint density at radius 1 is 1.19 bits per heavy atom. The monoisotopic (exact) mass is 302 g/mol. The fourth-order valence-electron chi connectivity index (χ4n) is 1.88. The number of hydrogen-bond acceptors (Lipinski definition) is 4. The molecule has 0 aromatic carbocycles. The average Bonchev–Trinajstić information content (AvgIpc) is 2.39. The van der Waals surface area contributed by atoms with E-state index in [0.717, 1.165) is 13.1 Å². The SMILES string of the molecule is CCN(CC)CC(C)NC(=O)N[C@H](CCC(N)=O)C(=O)O. The summed E-state index contributed by atoms with van der Waals surface area (Å²) in [5, 5.41) is 14.0. The summed E-state index contributed by atoms with van der Waals surface area (Å²) in [6.45, 7) is 8.33. The summed E-state index contributed by atoms with van der Waals surface area (Å²) in [5.74, 6) is -1.79. The second-order valence-corrected chi connectivity index (χ2v) is 4.90. The number of rotatable bonds is 10. The molecule has 1 unspecified atom stereocenters. The number of aliphatic carboxylic acids is 1. The topological polar surface area (TPSA) is 125 Å². The zero-order chi connectivity index (χ0) is 16.4. The molecule has 21 heavy (non-hydrogen) atoms. The molecule has 0 aromatic heterocycles. The van der Waals surface area contributed by atoms with Crippen LogP contribution in [0.3, 0.4) is 0 Å². The van der Waals surface area contributed by atoms with E-state index in [1.807, 2.05) is 20.8 Å². The zero-order valence-corrected chi connectivity index (χ0v) is 12.9. The molecule has 0 spiro atoms. The summed E-state index contributed by atoms with van der Waals surface area (Å²) in [7, 11) is 0. The normalized spacial score (nSPS) is 13.5. The van der Waals surface area contributed by atoms with Crippen molar-refractivity contribution >= 4 is 17.9 Å². The van der Waals surface area contributed by atoms with Crippen LogP contribution in [-0.2, 0) is 9.59 Å². The number of nitrogens with two attached hydrogens (primary N) is 1. The third-order valence-corrected chi connectivity index (χ3v) is 3.09. The fourth-order valence-corrected chi connectivity index (χ4v) is 1.88. The Labute approximate surface area is 125 Å². The van der Waals surface area contributed by atoms with Gasteiger partial charge in [-0.25, -0.2) is 9.59 Å². The molecule has 122 valence electrons. The van der Waals surface area contributed by atoms with Crippen molar-refractivity contribution < 1.29 is 19.5 Å². The van der Waals surface area contributed by atoms with E-state index < -0.39 is 23.9 Å². The Bertz CT molecular complexity index is 358. The maximum Gasteiger partial charge on any atom is 0.326 e. The van der Waals surface area contributed by atoms with Gasteiger partial charge in [-0.1, -0.05) is 13.8 Å². The van der Waals surface area contributed by atoms with E-state index in [9.17, 15) is 14.4 Å². The zero-order valence-electron chi connectivity index (χ0n) is 12.9. The van der Waals surface area contributed by atoms with Gasteiger partial charge in [-0.3, -0.25) is 4.79 Å². The Balaban J connectivity index is 4.30. The number of amides is 3. The molecule has 0 aliphatic carbocycles. The average molecular weight is 302 g/mol. The number of primary amides is 1. The van der Waals surface area contributed by atoms with Gasteiger partial charge in [0.1, 0.15) is 6.04 Å². The molecule has 0 aliphatic rings. The fraction of sp³-hybridized carbons (Fsp3) is 0.769. The van der Waals surface area contributed by atoms with Gasteiger partial charge in [0.2, 0.25) is 5.91 Å². The summed E-state index contributed by atoms with van der Waals surface area (Å²) in [6, 6.07) is -1.81. The maximum absolute atomic E-state index is 11.8. The van der Waals surface area contributed by atoms with E-state index in [0.29, 0.717) is 6.54 Å².